The molecule has 8 nitrogen and oxygen atoms in total. The van der Waals surface area contributed by atoms with Gasteiger partial charge in [0, 0.05) is 24.2 Å². The number of amides is 1. The van der Waals surface area contributed by atoms with E-state index in [2.05, 4.69) is 5.32 Å². The standard InChI is InChI=1S/C12H14N2O6/c1-7(12(16)17)6-13-11(15)8-3-4-9(14(18)19)10(5-8)20-2/h3-5,7H,6H2,1-2H3,(H,13,15)(H,16,17). The monoisotopic (exact) mass is 282 g/mol. The van der Waals surface area contributed by atoms with Crippen LogP contribution in [0.2, 0.25) is 0 Å². The van der Waals surface area contributed by atoms with Crippen molar-refractivity contribution in [1.29, 1.82) is 0 Å². The molecule has 0 aromatic heterocycles. The van der Waals surface area contributed by atoms with E-state index in [1.807, 2.05) is 0 Å². The van der Waals surface area contributed by atoms with Gasteiger partial charge in [-0.15, -0.1) is 0 Å². The minimum atomic E-state index is -1.02. The number of benzene rings is 1. The van der Waals surface area contributed by atoms with Crippen LogP contribution in [0.15, 0.2) is 18.2 Å². The van der Waals surface area contributed by atoms with Crippen molar-refractivity contribution in [2.45, 2.75) is 6.92 Å². The Balaban J connectivity index is 2.84. The van der Waals surface area contributed by atoms with E-state index in [0.29, 0.717) is 0 Å². The number of hydrogen-bond acceptors (Lipinski definition) is 5. The molecular weight excluding hydrogens is 268 g/mol. The molecule has 1 aromatic rings. The van der Waals surface area contributed by atoms with Gasteiger partial charge < -0.3 is 15.2 Å². The second-order valence-electron chi connectivity index (χ2n) is 4.09. The van der Waals surface area contributed by atoms with Crippen molar-refractivity contribution in [2.75, 3.05) is 13.7 Å². The largest absolute Gasteiger partial charge is 0.490 e. The summed E-state index contributed by atoms with van der Waals surface area (Å²) in [6.45, 7) is 1.42. The highest BCUT2D eigenvalue weighted by Gasteiger charge is 2.18. The van der Waals surface area contributed by atoms with Crippen LogP contribution in [0.5, 0.6) is 5.75 Å². The first-order chi connectivity index (χ1) is 9.36. The molecule has 0 aliphatic carbocycles. The van der Waals surface area contributed by atoms with E-state index in [1.54, 1.807) is 0 Å². The number of carboxylic acid groups (broad SMARTS) is 1. The summed E-state index contributed by atoms with van der Waals surface area (Å²) in [5, 5.41) is 21.8. The third-order valence-corrected chi connectivity index (χ3v) is 2.63. The Hall–Kier alpha value is -2.64. The number of nitrogens with one attached hydrogen (secondary N) is 1. The van der Waals surface area contributed by atoms with Crippen molar-refractivity contribution in [2.24, 2.45) is 5.92 Å². The predicted molar refractivity (Wildman–Crippen MR) is 68.8 cm³/mol. The Morgan fingerprint density at radius 2 is 2.15 bits per heavy atom. The molecule has 0 spiro atoms. The van der Waals surface area contributed by atoms with Gasteiger partial charge in [-0.2, -0.15) is 0 Å². The fourth-order valence-corrected chi connectivity index (χ4v) is 1.40. The number of nitro benzene ring substituents is 1. The van der Waals surface area contributed by atoms with Gasteiger partial charge in [-0.3, -0.25) is 19.7 Å². The van der Waals surface area contributed by atoms with E-state index in [9.17, 15) is 19.7 Å². The van der Waals surface area contributed by atoms with Crippen LogP contribution in [0.3, 0.4) is 0 Å². The first-order valence-corrected chi connectivity index (χ1v) is 5.70. The smallest absolute Gasteiger partial charge is 0.310 e. The molecule has 0 saturated carbocycles. The molecule has 0 aliphatic rings. The number of carboxylic acids is 1. The molecule has 0 heterocycles. The van der Waals surface area contributed by atoms with E-state index in [1.165, 1.54) is 26.2 Å². The Morgan fingerprint density at radius 3 is 2.65 bits per heavy atom. The number of ether oxygens (including phenoxy) is 1. The van der Waals surface area contributed by atoms with Gasteiger partial charge in [-0.1, -0.05) is 6.92 Å². The van der Waals surface area contributed by atoms with E-state index >= 15 is 0 Å². The lowest BCUT2D eigenvalue weighted by Crippen LogP contribution is -2.31. The van der Waals surface area contributed by atoms with E-state index in [0.717, 1.165) is 6.07 Å². The number of carbonyl (C=O) groups is 2. The van der Waals surface area contributed by atoms with Gasteiger partial charge in [0.1, 0.15) is 0 Å². The van der Waals surface area contributed by atoms with Crippen LogP contribution < -0.4 is 10.1 Å². The summed E-state index contributed by atoms with van der Waals surface area (Å²) in [5.41, 5.74) is -0.0898. The number of aliphatic carboxylic acids is 1. The van der Waals surface area contributed by atoms with Gasteiger partial charge in [-0.25, -0.2) is 0 Å². The summed E-state index contributed by atoms with van der Waals surface area (Å²) in [6.07, 6.45) is 0. The Morgan fingerprint density at radius 1 is 1.50 bits per heavy atom. The van der Waals surface area contributed by atoms with E-state index in [-0.39, 0.29) is 23.5 Å². The van der Waals surface area contributed by atoms with Gasteiger partial charge in [0.05, 0.1) is 18.0 Å². The molecule has 1 aromatic carbocycles. The summed E-state index contributed by atoms with van der Waals surface area (Å²) in [4.78, 5) is 32.5. The maximum Gasteiger partial charge on any atom is 0.310 e. The van der Waals surface area contributed by atoms with E-state index < -0.39 is 22.7 Å². The van der Waals surface area contributed by atoms with Crippen LogP contribution in [0.4, 0.5) is 5.69 Å². The first kappa shape index (κ1) is 15.4. The summed E-state index contributed by atoms with van der Waals surface area (Å²) >= 11 is 0. The molecular formula is C12H14N2O6. The minimum Gasteiger partial charge on any atom is -0.490 e. The molecule has 1 amide bonds. The lowest BCUT2D eigenvalue weighted by atomic mass is 10.1. The van der Waals surface area contributed by atoms with Crippen LogP contribution in [-0.4, -0.2) is 35.6 Å². The zero-order chi connectivity index (χ0) is 15.3. The molecule has 0 aliphatic heterocycles. The highest BCUT2D eigenvalue weighted by molar-refractivity contribution is 5.95. The van der Waals surface area contributed by atoms with Crippen molar-refractivity contribution in [3.8, 4) is 5.75 Å². The molecule has 2 N–H and O–H groups in total. The van der Waals surface area contributed by atoms with Gasteiger partial charge in [-0.05, 0) is 6.07 Å². The summed E-state index contributed by atoms with van der Waals surface area (Å²) < 4.78 is 4.85. The molecule has 1 atom stereocenters. The third-order valence-electron chi connectivity index (χ3n) is 2.63. The number of rotatable bonds is 6. The normalized spacial score (nSPS) is 11.5. The van der Waals surface area contributed by atoms with Crippen molar-refractivity contribution in [3.63, 3.8) is 0 Å². The predicted octanol–water partition coefficient (Wildman–Crippen LogP) is 1.05. The van der Waals surface area contributed by atoms with Crippen LogP contribution in [-0.2, 0) is 4.79 Å². The maximum absolute atomic E-state index is 11.8. The zero-order valence-corrected chi connectivity index (χ0v) is 11.0. The third kappa shape index (κ3) is 3.67. The Kier molecular flexibility index (Phi) is 5.01. The molecule has 0 radical (unpaired) electrons. The number of nitro groups is 1. The second-order valence-corrected chi connectivity index (χ2v) is 4.09. The maximum atomic E-state index is 11.8. The highest BCUT2D eigenvalue weighted by Crippen LogP contribution is 2.27. The van der Waals surface area contributed by atoms with Crippen LogP contribution in [0.25, 0.3) is 0 Å². The van der Waals surface area contributed by atoms with Gasteiger partial charge in [0.15, 0.2) is 5.75 Å². The average Bonchev–Trinajstić information content (AvgIpc) is 2.43. The fourth-order valence-electron chi connectivity index (χ4n) is 1.40. The Bertz CT molecular complexity index is 543. The van der Waals surface area contributed by atoms with E-state index in [4.69, 9.17) is 9.84 Å². The summed E-state index contributed by atoms with van der Waals surface area (Å²) in [7, 11) is 1.26. The van der Waals surface area contributed by atoms with Crippen molar-refractivity contribution < 1.29 is 24.4 Å². The molecule has 1 rings (SSSR count). The molecule has 20 heavy (non-hydrogen) atoms. The lowest BCUT2D eigenvalue weighted by Gasteiger charge is -2.09. The van der Waals surface area contributed by atoms with Crippen LogP contribution in [0.1, 0.15) is 17.3 Å². The molecule has 0 bridgehead atoms. The zero-order valence-electron chi connectivity index (χ0n) is 11.0. The molecule has 108 valence electrons. The fraction of sp³-hybridized carbons (Fsp3) is 0.333. The molecule has 8 heteroatoms. The van der Waals surface area contributed by atoms with Crippen molar-refractivity contribution in [1.82, 2.24) is 5.32 Å². The topological polar surface area (TPSA) is 119 Å². The molecule has 0 fully saturated rings. The summed E-state index contributed by atoms with van der Waals surface area (Å²) in [6, 6.07) is 3.68. The van der Waals surface area contributed by atoms with Crippen LogP contribution in [0, 0.1) is 16.0 Å². The minimum absolute atomic E-state index is 0.0334. The number of carbonyl (C=O) groups excluding carboxylic acids is 1. The van der Waals surface area contributed by atoms with Gasteiger partial charge in [0.25, 0.3) is 5.91 Å². The van der Waals surface area contributed by atoms with Crippen LogP contribution >= 0.6 is 0 Å². The number of hydrogen-bond donors (Lipinski definition) is 2. The highest BCUT2D eigenvalue weighted by atomic mass is 16.6. The average molecular weight is 282 g/mol. The first-order valence-electron chi connectivity index (χ1n) is 5.70. The van der Waals surface area contributed by atoms with Crippen molar-refractivity contribution >= 4 is 17.6 Å². The summed E-state index contributed by atoms with van der Waals surface area (Å²) in [5.74, 6) is -2.30. The number of methoxy groups -OCH3 is 1. The molecule has 1 unspecified atom stereocenters. The Labute approximate surface area is 114 Å². The van der Waals surface area contributed by atoms with Gasteiger partial charge >= 0.3 is 11.7 Å². The molecule has 0 saturated heterocycles. The van der Waals surface area contributed by atoms with Gasteiger partial charge in [0.2, 0.25) is 0 Å². The second kappa shape index (κ2) is 6.50. The van der Waals surface area contributed by atoms with Crippen molar-refractivity contribution in [3.05, 3.63) is 33.9 Å². The number of nitrogens with zero attached hydrogens (tertiary/aromatic N) is 1. The SMILES string of the molecule is COc1cc(C(=O)NCC(C)C(=O)O)ccc1[N+](=O)[O-]. The lowest BCUT2D eigenvalue weighted by molar-refractivity contribution is -0.385. The quantitative estimate of drug-likeness (QED) is 0.594.